The first-order chi connectivity index (χ1) is 12.6. The van der Waals surface area contributed by atoms with Gasteiger partial charge in [-0.25, -0.2) is 9.48 Å². The Morgan fingerprint density at radius 3 is 2.50 bits per heavy atom. The molecule has 136 valence electrons. The predicted molar refractivity (Wildman–Crippen MR) is 93.8 cm³/mol. The SMILES string of the molecule is O=C(O)c1cn(C2CCN(C(=O)C3CCc4ccccc4C3)CC2)nn1. The minimum absolute atomic E-state index is 0.0376. The maximum absolute atomic E-state index is 12.9. The fraction of sp³-hybridized carbons (Fsp3) is 0.474. The second-order valence-corrected chi connectivity index (χ2v) is 7.15. The van der Waals surface area contributed by atoms with E-state index < -0.39 is 5.97 Å². The minimum Gasteiger partial charge on any atom is -0.476 e. The number of amides is 1. The van der Waals surface area contributed by atoms with Crippen LogP contribution in [-0.2, 0) is 17.6 Å². The van der Waals surface area contributed by atoms with Crippen LogP contribution in [0.15, 0.2) is 30.5 Å². The molecule has 1 saturated heterocycles. The quantitative estimate of drug-likeness (QED) is 0.910. The van der Waals surface area contributed by atoms with Crippen LogP contribution in [0.3, 0.4) is 0 Å². The van der Waals surface area contributed by atoms with Crippen molar-refractivity contribution in [2.45, 2.75) is 38.1 Å². The van der Waals surface area contributed by atoms with Crippen LogP contribution >= 0.6 is 0 Å². The molecule has 1 atom stereocenters. The van der Waals surface area contributed by atoms with Crippen molar-refractivity contribution in [1.82, 2.24) is 19.9 Å². The molecule has 26 heavy (non-hydrogen) atoms. The third-order valence-electron chi connectivity index (χ3n) is 5.58. The number of carbonyl (C=O) groups excluding carboxylic acids is 1. The summed E-state index contributed by atoms with van der Waals surface area (Å²) in [7, 11) is 0. The lowest BCUT2D eigenvalue weighted by atomic mass is 9.83. The van der Waals surface area contributed by atoms with Crippen molar-refractivity contribution in [3.63, 3.8) is 0 Å². The first kappa shape index (κ1) is 16.8. The number of aromatic nitrogens is 3. The number of benzene rings is 1. The van der Waals surface area contributed by atoms with Gasteiger partial charge in [-0.3, -0.25) is 4.79 Å². The first-order valence-electron chi connectivity index (χ1n) is 9.12. The highest BCUT2D eigenvalue weighted by Gasteiger charge is 2.31. The van der Waals surface area contributed by atoms with Gasteiger partial charge in [-0.2, -0.15) is 0 Å². The van der Waals surface area contributed by atoms with Crippen LogP contribution in [0.1, 0.15) is 46.9 Å². The molecule has 2 aliphatic rings. The number of aryl methyl sites for hydroxylation is 1. The summed E-state index contributed by atoms with van der Waals surface area (Å²) in [6.45, 7) is 1.37. The zero-order chi connectivity index (χ0) is 18.1. The molecule has 1 amide bonds. The Morgan fingerprint density at radius 2 is 1.81 bits per heavy atom. The lowest BCUT2D eigenvalue weighted by molar-refractivity contribution is -0.137. The molecule has 4 rings (SSSR count). The topological polar surface area (TPSA) is 88.3 Å². The van der Waals surface area contributed by atoms with Gasteiger partial charge in [0, 0.05) is 19.0 Å². The van der Waals surface area contributed by atoms with Gasteiger partial charge in [-0.05, 0) is 43.2 Å². The number of carboxylic acids is 1. The zero-order valence-electron chi connectivity index (χ0n) is 14.5. The molecule has 0 spiro atoms. The van der Waals surface area contributed by atoms with Crippen molar-refractivity contribution in [3.8, 4) is 0 Å². The summed E-state index contributed by atoms with van der Waals surface area (Å²) in [6.07, 6.45) is 5.75. The number of piperidine rings is 1. The number of carboxylic acid groups (broad SMARTS) is 1. The summed E-state index contributed by atoms with van der Waals surface area (Å²) in [4.78, 5) is 25.8. The van der Waals surface area contributed by atoms with Crippen LogP contribution < -0.4 is 0 Å². The molecule has 1 aromatic heterocycles. The van der Waals surface area contributed by atoms with Crippen LogP contribution in [0.25, 0.3) is 0 Å². The Hall–Kier alpha value is -2.70. The van der Waals surface area contributed by atoms with Crippen molar-refractivity contribution in [2.24, 2.45) is 5.92 Å². The molecular weight excluding hydrogens is 332 g/mol. The predicted octanol–water partition coefficient (Wildman–Crippen LogP) is 1.94. The number of nitrogens with zero attached hydrogens (tertiary/aromatic N) is 4. The fourth-order valence-corrected chi connectivity index (χ4v) is 4.07. The van der Waals surface area contributed by atoms with E-state index in [1.807, 2.05) is 11.0 Å². The maximum atomic E-state index is 12.9. The van der Waals surface area contributed by atoms with E-state index in [0.717, 1.165) is 32.1 Å². The highest BCUT2D eigenvalue weighted by molar-refractivity contribution is 5.84. The van der Waals surface area contributed by atoms with E-state index in [-0.39, 0.29) is 23.6 Å². The summed E-state index contributed by atoms with van der Waals surface area (Å²) in [5, 5.41) is 16.6. The van der Waals surface area contributed by atoms with Gasteiger partial charge in [0.25, 0.3) is 0 Å². The second-order valence-electron chi connectivity index (χ2n) is 7.15. The van der Waals surface area contributed by atoms with Crippen molar-refractivity contribution in [2.75, 3.05) is 13.1 Å². The monoisotopic (exact) mass is 354 g/mol. The molecule has 0 radical (unpaired) electrons. The highest BCUT2D eigenvalue weighted by atomic mass is 16.4. The van der Waals surface area contributed by atoms with Gasteiger partial charge in [0.2, 0.25) is 5.91 Å². The average molecular weight is 354 g/mol. The molecule has 1 aliphatic carbocycles. The summed E-state index contributed by atoms with van der Waals surface area (Å²) < 4.78 is 1.63. The smallest absolute Gasteiger partial charge is 0.358 e. The summed E-state index contributed by atoms with van der Waals surface area (Å²) in [6, 6.07) is 8.50. The molecule has 2 heterocycles. The van der Waals surface area contributed by atoms with E-state index in [1.165, 1.54) is 17.3 Å². The van der Waals surface area contributed by atoms with E-state index in [0.29, 0.717) is 13.1 Å². The van der Waals surface area contributed by atoms with Crippen LogP contribution in [0.2, 0.25) is 0 Å². The summed E-state index contributed by atoms with van der Waals surface area (Å²) in [5.74, 6) is -0.740. The molecule has 2 aromatic rings. The lowest BCUT2D eigenvalue weighted by Gasteiger charge is -2.35. The number of likely N-dealkylation sites (tertiary alicyclic amines) is 1. The molecule has 1 unspecified atom stereocenters. The van der Waals surface area contributed by atoms with E-state index in [1.54, 1.807) is 4.68 Å². The number of carbonyl (C=O) groups is 2. The molecule has 0 bridgehead atoms. The van der Waals surface area contributed by atoms with Gasteiger partial charge in [0.05, 0.1) is 12.2 Å². The molecule has 7 heteroatoms. The zero-order valence-corrected chi connectivity index (χ0v) is 14.5. The molecule has 0 saturated carbocycles. The largest absolute Gasteiger partial charge is 0.476 e. The van der Waals surface area contributed by atoms with Crippen LogP contribution in [-0.4, -0.2) is 50.0 Å². The Morgan fingerprint density at radius 1 is 1.08 bits per heavy atom. The van der Waals surface area contributed by atoms with Gasteiger partial charge in [-0.1, -0.05) is 29.5 Å². The molecule has 1 N–H and O–H groups in total. The molecular formula is C19H22N4O3. The van der Waals surface area contributed by atoms with Crippen LogP contribution in [0.5, 0.6) is 0 Å². The number of fused-ring (bicyclic) bond motifs is 1. The van der Waals surface area contributed by atoms with Crippen molar-refractivity contribution in [1.29, 1.82) is 0 Å². The minimum atomic E-state index is -1.07. The Balaban J connectivity index is 1.36. The second kappa shape index (κ2) is 6.90. The Labute approximate surface area is 151 Å². The summed E-state index contributed by atoms with van der Waals surface area (Å²) in [5.41, 5.74) is 2.64. The molecule has 1 aliphatic heterocycles. The van der Waals surface area contributed by atoms with Crippen molar-refractivity contribution < 1.29 is 14.7 Å². The number of hydrogen-bond acceptors (Lipinski definition) is 4. The van der Waals surface area contributed by atoms with E-state index >= 15 is 0 Å². The standard InChI is InChI=1S/C19H22N4O3/c24-18(15-6-5-13-3-1-2-4-14(13)11-15)22-9-7-16(8-10-22)23-12-17(19(25)26)20-21-23/h1-4,12,15-16H,5-11H2,(H,25,26). The van der Waals surface area contributed by atoms with Crippen LogP contribution in [0, 0.1) is 5.92 Å². The van der Waals surface area contributed by atoms with Gasteiger partial charge < -0.3 is 10.0 Å². The molecule has 1 fully saturated rings. The van der Waals surface area contributed by atoms with Gasteiger partial charge in [0.15, 0.2) is 5.69 Å². The van der Waals surface area contributed by atoms with E-state index in [9.17, 15) is 9.59 Å². The third kappa shape index (κ3) is 3.21. The van der Waals surface area contributed by atoms with Crippen LogP contribution in [0.4, 0.5) is 0 Å². The lowest BCUT2D eigenvalue weighted by Crippen LogP contribution is -2.43. The van der Waals surface area contributed by atoms with Crippen molar-refractivity contribution >= 4 is 11.9 Å². The van der Waals surface area contributed by atoms with Crippen molar-refractivity contribution in [3.05, 3.63) is 47.3 Å². The Kier molecular flexibility index (Phi) is 4.44. The average Bonchev–Trinajstić information content (AvgIpc) is 3.18. The fourth-order valence-electron chi connectivity index (χ4n) is 4.07. The number of rotatable bonds is 3. The van der Waals surface area contributed by atoms with E-state index in [4.69, 9.17) is 5.11 Å². The van der Waals surface area contributed by atoms with E-state index in [2.05, 4.69) is 28.5 Å². The molecule has 7 nitrogen and oxygen atoms in total. The van der Waals surface area contributed by atoms with Gasteiger partial charge >= 0.3 is 5.97 Å². The number of aromatic carboxylic acids is 1. The summed E-state index contributed by atoms with van der Waals surface area (Å²) >= 11 is 0. The first-order valence-corrected chi connectivity index (χ1v) is 9.12. The third-order valence-corrected chi connectivity index (χ3v) is 5.58. The Bertz CT molecular complexity index is 824. The molecule has 1 aromatic carbocycles. The normalized spacial score (nSPS) is 20.6. The maximum Gasteiger partial charge on any atom is 0.358 e. The number of hydrogen-bond donors (Lipinski definition) is 1. The van der Waals surface area contributed by atoms with Gasteiger partial charge in [0.1, 0.15) is 0 Å². The highest BCUT2D eigenvalue weighted by Crippen LogP contribution is 2.29. The van der Waals surface area contributed by atoms with Gasteiger partial charge in [-0.15, -0.1) is 5.10 Å².